The van der Waals surface area contributed by atoms with Crippen LogP contribution in [-0.4, -0.2) is 20.9 Å². The Balaban J connectivity index is 2.57. The van der Waals surface area contributed by atoms with E-state index in [1.807, 2.05) is 13.0 Å². The lowest BCUT2D eigenvalue weighted by atomic mass is 10.2. The van der Waals surface area contributed by atoms with Crippen LogP contribution in [0.5, 0.6) is 0 Å². The molecule has 88 valence electrons. The second kappa shape index (κ2) is 4.22. The van der Waals surface area contributed by atoms with Crippen LogP contribution >= 0.6 is 11.6 Å². The predicted molar refractivity (Wildman–Crippen MR) is 65.0 cm³/mol. The lowest BCUT2D eigenvalue weighted by molar-refractivity contribution is 0.0696. The molecular weight excluding hydrogens is 240 g/mol. The molecule has 1 heterocycles. The Morgan fingerprint density at radius 1 is 1.41 bits per heavy atom. The molecule has 0 aliphatic carbocycles. The summed E-state index contributed by atoms with van der Waals surface area (Å²) in [5.74, 6) is -0.978. The summed E-state index contributed by atoms with van der Waals surface area (Å²) < 4.78 is 1.54. The van der Waals surface area contributed by atoms with Gasteiger partial charge >= 0.3 is 5.97 Å². The van der Waals surface area contributed by atoms with Crippen molar-refractivity contribution in [2.24, 2.45) is 0 Å². The van der Waals surface area contributed by atoms with Crippen LogP contribution in [0, 0.1) is 13.8 Å². The number of rotatable bonds is 2. The molecule has 17 heavy (non-hydrogen) atoms. The second-order valence-corrected chi connectivity index (χ2v) is 4.25. The summed E-state index contributed by atoms with van der Waals surface area (Å²) in [5, 5.41) is 13.7. The number of carboxylic acids is 1. The maximum atomic E-state index is 10.9. The molecule has 0 unspecified atom stereocenters. The molecular formula is C12H11ClN2O2. The summed E-state index contributed by atoms with van der Waals surface area (Å²) in [5.41, 5.74) is 2.45. The number of halogens is 1. The van der Waals surface area contributed by atoms with E-state index in [1.165, 1.54) is 6.20 Å². The topological polar surface area (TPSA) is 55.1 Å². The second-order valence-electron chi connectivity index (χ2n) is 3.81. The third kappa shape index (κ3) is 2.17. The van der Waals surface area contributed by atoms with Crippen molar-refractivity contribution in [2.75, 3.05) is 0 Å². The molecule has 2 rings (SSSR count). The van der Waals surface area contributed by atoms with Gasteiger partial charge in [-0.1, -0.05) is 17.7 Å². The van der Waals surface area contributed by atoms with Gasteiger partial charge in [0.1, 0.15) is 5.56 Å². The van der Waals surface area contributed by atoms with E-state index in [1.54, 1.807) is 23.7 Å². The fourth-order valence-electron chi connectivity index (χ4n) is 1.62. The zero-order valence-corrected chi connectivity index (χ0v) is 10.2. The molecule has 2 aromatic rings. The van der Waals surface area contributed by atoms with Crippen molar-refractivity contribution in [3.63, 3.8) is 0 Å². The summed E-state index contributed by atoms with van der Waals surface area (Å²) in [7, 11) is 0. The van der Waals surface area contributed by atoms with Gasteiger partial charge < -0.3 is 5.11 Å². The number of aromatic nitrogens is 2. The molecule has 0 bridgehead atoms. The number of hydrogen-bond donors (Lipinski definition) is 1. The molecule has 0 atom stereocenters. The number of hydrogen-bond acceptors (Lipinski definition) is 2. The molecule has 0 spiro atoms. The van der Waals surface area contributed by atoms with Gasteiger partial charge in [0.25, 0.3) is 0 Å². The van der Waals surface area contributed by atoms with Gasteiger partial charge in [-0.25, -0.2) is 9.48 Å². The minimum Gasteiger partial charge on any atom is -0.478 e. The Bertz CT molecular complexity index is 590. The maximum Gasteiger partial charge on any atom is 0.339 e. The Hall–Kier alpha value is -1.81. The molecule has 5 heteroatoms. The van der Waals surface area contributed by atoms with Crippen LogP contribution in [0.4, 0.5) is 0 Å². The van der Waals surface area contributed by atoms with E-state index in [9.17, 15) is 4.79 Å². The maximum absolute atomic E-state index is 10.9. The highest BCUT2D eigenvalue weighted by molar-refractivity contribution is 6.30. The van der Waals surface area contributed by atoms with Crippen LogP contribution in [0.25, 0.3) is 5.69 Å². The summed E-state index contributed by atoms with van der Waals surface area (Å²) in [6, 6.07) is 5.42. The first-order chi connectivity index (χ1) is 7.99. The van der Waals surface area contributed by atoms with Gasteiger partial charge in [0.15, 0.2) is 0 Å². The Morgan fingerprint density at radius 2 is 2.12 bits per heavy atom. The Labute approximate surface area is 103 Å². The van der Waals surface area contributed by atoms with Gasteiger partial charge in [-0.2, -0.15) is 5.10 Å². The number of carboxylic acid groups (broad SMARTS) is 1. The summed E-state index contributed by atoms with van der Waals surface area (Å²) in [6.45, 7) is 3.59. The van der Waals surface area contributed by atoms with Crippen LogP contribution in [0.3, 0.4) is 0 Å². The van der Waals surface area contributed by atoms with Gasteiger partial charge in [-0.3, -0.25) is 0 Å². The van der Waals surface area contributed by atoms with Crippen LogP contribution in [0.1, 0.15) is 21.6 Å². The predicted octanol–water partition coefficient (Wildman–Crippen LogP) is 2.84. The van der Waals surface area contributed by atoms with Gasteiger partial charge in [0, 0.05) is 11.2 Å². The summed E-state index contributed by atoms with van der Waals surface area (Å²) >= 11 is 5.92. The summed E-state index contributed by atoms with van der Waals surface area (Å²) in [6.07, 6.45) is 1.50. The number of aryl methyl sites for hydroxylation is 2. The number of nitrogens with zero attached hydrogens (tertiary/aromatic N) is 2. The average Bonchev–Trinajstić information content (AvgIpc) is 2.64. The van der Waals surface area contributed by atoms with Gasteiger partial charge in [0.2, 0.25) is 0 Å². The molecule has 1 aromatic heterocycles. The van der Waals surface area contributed by atoms with Crippen LogP contribution in [0.15, 0.2) is 24.4 Å². The van der Waals surface area contributed by atoms with Crippen molar-refractivity contribution in [3.05, 3.63) is 46.2 Å². The minimum atomic E-state index is -0.978. The van der Waals surface area contributed by atoms with E-state index in [-0.39, 0.29) is 5.56 Å². The lowest BCUT2D eigenvalue weighted by Crippen LogP contribution is -1.98. The van der Waals surface area contributed by atoms with Crippen molar-refractivity contribution in [2.45, 2.75) is 13.8 Å². The molecule has 1 N–H and O–H groups in total. The molecule has 0 amide bonds. The highest BCUT2D eigenvalue weighted by Gasteiger charge is 2.13. The third-order valence-corrected chi connectivity index (χ3v) is 2.78. The number of aromatic carboxylic acids is 1. The van der Waals surface area contributed by atoms with Gasteiger partial charge in [-0.05, 0) is 31.5 Å². The van der Waals surface area contributed by atoms with Crippen molar-refractivity contribution in [3.8, 4) is 5.69 Å². The van der Waals surface area contributed by atoms with Crippen molar-refractivity contribution >= 4 is 17.6 Å². The van der Waals surface area contributed by atoms with Crippen molar-refractivity contribution in [1.82, 2.24) is 9.78 Å². The normalized spacial score (nSPS) is 10.5. The monoisotopic (exact) mass is 250 g/mol. The smallest absolute Gasteiger partial charge is 0.339 e. The van der Waals surface area contributed by atoms with E-state index in [0.717, 1.165) is 11.3 Å². The SMILES string of the molecule is Cc1ccc(Cl)cc1-n1cc(C(=O)O)c(C)n1. The largest absolute Gasteiger partial charge is 0.478 e. The fraction of sp³-hybridized carbons (Fsp3) is 0.167. The molecule has 0 saturated heterocycles. The molecule has 0 aliphatic rings. The highest BCUT2D eigenvalue weighted by atomic mass is 35.5. The first-order valence-electron chi connectivity index (χ1n) is 5.05. The zero-order valence-electron chi connectivity index (χ0n) is 9.44. The first-order valence-corrected chi connectivity index (χ1v) is 5.43. The van der Waals surface area contributed by atoms with E-state index >= 15 is 0 Å². The third-order valence-electron chi connectivity index (χ3n) is 2.55. The minimum absolute atomic E-state index is 0.198. The summed E-state index contributed by atoms with van der Waals surface area (Å²) in [4.78, 5) is 10.9. The zero-order chi connectivity index (χ0) is 12.6. The standard InChI is InChI=1S/C12H11ClN2O2/c1-7-3-4-9(13)5-11(7)15-6-10(12(16)17)8(2)14-15/h3-6H,1-2H3,(H,16,17). The van der Waals surface area contributed by atoms with Crippen molar-refractivity contribution < 1.29 is 9.90 Å². The van der Waals surface area contributed by atoms with Crippen LogP contribution < -0.4 is 0 Å². The van der Waals surface area contributed by atoms with Gasteiger partial charge in [0.05, 0.1) is 11.4 Å². The molecule has 1 aromatic carbocycles. The number of carbonyl (C=O) groups is 1. The highest BCUT2D eigenvalue weighted by Crippen LogP contribution is 2.20. The molecule has 0 saturated carbocycles. The van der Waals surface area contributed by atoms with Crippen LogP contribution in [0.2, 0.25) is 5.02 Å². The molecule has 4 nitrogen and oxygen atoms in total. The quantitative estimate of drug-likeness (QED) is 0.892. The van der Waals surface area contributed by atoms with Crippen LogP contribution in [-0.2, 0) is 0 Å². The van der Waals surface area contributed by atoms with Crippen molar-refractivity contribution in [1.29, 1.82) is 0 Å². The van der Waals surface area contributed by atoms with E-state index < -0.39 is 5.97 Å². The molecule has 0 radical (unpaired) electrons. The average molecular weight is 251 g/mol. The first kappa shape index (κ1) is 11.7. The van der Waals surface area contributed by atoms with E-state index in [2.05, 4.69) is 5.10 Å². The van der Waals surface area contributed by atoms with Gasteiger partial charge in [-0.15, -0.1) is 0 Å². The van der Waals surface area contributed by atoms with E-state index in [0.29, 0.717) is 10.7 Å². The molecule has 0 fully saturated rings. The Kier molecular flexibility index (Phi) is 2.90. The molecule has 0 aliphatic heterocycles. The van der Waals surface area contributed by atoms with E-state index in [4.69, 9.17) is 16.7 Å². The number of benzene rings is 1. The Morgan fingerprint density at radius 3 is 2.71 bits per heavy atom. The lowest BCUT2D eigenvalue weighted by Gasteiger charge is -2.05. The fourth-order valence-corrected chi connectivity index (χ4v) is 1.79.